The average Bonchev–Trinajstić information content (AvgIpc) is 3.11. The van der Waals surface area contributed by atoms with Crippen molar-refractivity contribution in [2.24, 2.45) is 5.73 Å². The van der Waals surface area contributed by atoms with Crippen LogP contribution in [0.4, 0.5) is 0 Å². The molecule has 1 aromatic heterocycles. The van der Waals surface area contributed by atoms with Crippen molar-refractivity contribution >= 4 is 23.4 Å². The summed E-state index contributed by atoms with van der Waals surface area (Å²) in [7, 11) is 0. The Morgan fingerprint density at radius 3 is 2.42 bits per heavy atom. The van der Waals surface area contributed by atoms with Gasteiger partial charge >= 0.3 is 0 Å². The number of carbonyl (C=O) groups is 2. The highest BCUT2D eigenvalue weighted by molar-refractivity contribution is 6.30. The zero-order valence-electron chi connectivity index (χ0n) is 15.2. The largest absolute Gasteiger partial charge is 0.366 e. The molecule has 138 valence electrons. The van der Waals surface area contributed by atoms with Gasteiger partial charge in [-0.05, 0) is 44.4 Å². The van der Waals surface area contributed by atoms with Gasteiger partial charge < -0.3 is 15.2 Å². The fourth-order valence-corrected chi connectivity index (χ4v) is 3.98. The second kappa shape index (κ2) is 7.54. The minimum atomic E-state index is -0.427. The van der Waals surface area contributed by atoms with Crippen LogP contribution < -0.4 is 5.73 Å². The van der Waals surface area contributed by atoms with Crippen LogP contribution in [0, 0.1) is 13.8 Å². The first kappa shape index (κ1) is 18.5. The van der Waals surface area contributed by atoms with Gasteiger partial charge in [-0.25, -0.2) is 0 Å². The van der Waals surface area contributed by atoms with Crippen molar-refractivity contribution < 1.29 is 9.59 Å². The molecule has 1 aromatic carbocycles. The molecule has 5 nitrogen and oxygen atoms in total. The normalized spacial score (nSPS) is 14.3. The van der Waals surface area contributed by atoms with Crippen molar-refractivity contribution in [1.29, 1.82) is 0 Å². The number of nitrogens with two attached hydrogens (primary N) is 1. The van der Waals surface area contributed by atoms with Gasteiger partial charge in [0, 0.05) is 48.0 Å². The van der Waals surface area contributed by atoms with Gasteiger partial charge in [-0.1, -0.05) is 23.7 Å². The fourth-order valence-electron chi connectivity index (χ4n) is 3.85. The van der Waals surface area contributed by atoms with Gasteiger partial charge in [-0.15, -0.1) is 0 Å². The Kier molecular flexibility index (Phi) is 5.37. The van der Waals surface area contributed by atoms with Gasteiger partial charge in [-0.3, -0.25) is 9.59 Å². The smallest absolute Gasteiger partial charge is 0.251 e. The maximum absolute atomic E-state index is 12.1. The van der Waals surface area contributed by atoms with Crippen LogP contribution in [0.2, 0.25) is 5.02 Å². The number of amides is 2. The van der Waals surface area contributed by atoms with Crippen molar-refractivity contribution in [2.45, 2.75) is 39.7 Å². The molecule has 2 N–H and O–H groups in total. The fraction of sp³-hybridized carbons (Fsp3) is 0.400. The van der Waals surface area contributed by atoms with E-state index in [1.807, 2.05) is 43.0 Å². The number of hydrogen-bond donors (Lipinski definition) is 1. The first-order valence-corrected chi connectivity index (χ1v) is 9.31. The minimum Gasteiger partial charge on any atom is -0.366 e. The van der Waals surface area contributed by atoms with E-state index >= 15 is 0 Å². The predicted molar refractivity (Wildman–Crippen MR) is 103 cm³/mol. The third-order valence-corrected chi connectivity index (χ3v) is 5.40. The maximum atomic E-state index is 12.1. The summed E-state index contributed by atoms with van der Waals surface area (Å²) in [6.07, 6.45) is 2.46. The number of hydrogen-bond acceptors (Lipinski definition) is 2. The standard InChI is InChI=1S/C20H24ClN3O2/c1-13-18(15-6-8-16(21)9-7-15)19(20(22)26)14(2)24(13)12-4-11-23-10-3-5-17(23)25/h6-9H,3-5,10-12H2,1-2H3,(H2,22,26). The van der Waals surface area contributed by atoms with E-state index in [0.717, 1.165) is 55.0 Å². The number of primary amides is 1. The van der Waals surface area contributed by atoms with Crippen LogP contribution in [0.1, 0.15) is 41.0 Å². The lowest BCUT2D eigenvalue weighted by Gasteiger charge is -2.16. The van der Waals surface area contributed by atoms with E-state index in [1.54, 1.807) is 0 Å². The Bertz CT molecular complexity index is 840. The summed E-state index contributed by atoms with van der Waals surface area (Å²) in [4.78, 5) is 25.8. The van der Waals surface area contributed by atoms with Crippen LogP contribution in [0.5, 0.6) is 0 Å². The second-order valence-corrected chi connectivity index (χ2v) is 7.22. The molecule has 3 rings (SSSR count). The molecule has 1 aliphatic rings. The van der Waals surface area contributed by atoms with Crippen molar-refractivity contribution in [3.8, 4) is 11.1 Å². The first-order chi connectivity index (χ1) is 12.4. The lowest BCUT2D eigenvalue weighted by atomic mass is 10.0. The number of carbonyl (C=O) groups excluding carboxylic acids is 2. The molecule has 1 saturated heterocycles. The quantitative estimate of drug-likeness (QED) is 0.841. The Hall–Kier alpha value is -2.27. The zero-order valence-corrected chi connectivity index (χ0v) is 16.0. The van der Waals surface area contributed by atoms with Crippen LogP contribution >= 0.6 is 11.6 Å². The second-order valence-electron chi connectivity index (χ2n) is 6.78. The molecule has 0 unspecified atom stereocenters. The van der Waals surface area contributed by atoms with E-state index in [1.165, 1.54) is 0 Å². The summed E-state index contributed by atoms with van der Waals surface area (Å²) in [6.45, 7) is 6.27. The van der Waals surface area contributed by atoms with E-state index in [4.69, 9.17) is 17.3 Å². The molecule has 0 atom stereocenters. The van der Waals surface area contributed by atoms with Gasteiger partial charge in [0.1, 0.15) is 0 Å². The summed E-state index contributed by atoms with van der Waals surface area (Å²) in [5.41, 5.74) is 9.90. The molecule has 1 aliphatic heterocycles. The zero-order chi connectivity index (χ0) is 18.8. The summed E-state index contributed by atoms with van der Waals surface area (Å²) < 4.78 is 2.13. The highest BCUT2D eigenvalue weighted by atomic mass is 35.5. The lowest BCUT2D eigenvalue weighted by molar-refractivity contribution is -0.127. The number of likely N-dealkylation sites (tertiary alicyclic amines) is 1. The number of aromatic nitrogens is 1. The van der Waals surface area contributed by atoms with Gasteiger partial charge in [0.05, 0.1) is 5.56 Å². The molecule has 2 heterocycles. The van der Waals surface area contributed by atoms with Crippen LogP contribution in [0.15, 0.2) is 24.3 Å². The van der Waals surface area contributed by atoms with Crippen LogP contribution in [-0.2, 0) is 11.3 Å². The molecular weight excluding hydrogens is 350 g/mol. The molecule has 1 fully saturated rings. The van der Waals surface area contributed by atoms with Crippen molar-refractivity contribution in [3.63, 3.8) is 0 Å². The Morgan fingerprint density at radius 1 is 1.15 bits per heavy atom. The van der Waals surface area contributed by atoms with E-state index in [9.17, 15) is 9.59 Å². The van der Waals surface area contributed by atoms with E-state index in [2.05, 4.69) is 4.57 Å². The Morgan fingerprint density at radius 2 is 1.85 bits per heavy atom. The van der Waals surface area contributed by atoms with E-state index in [0.29, 0.717) is 17.0 Å². The molecule has 0 spiro atoms. The van der Waals surface area contributed by atoms with Crippen molar-refractivity contribution in [3.05, 3.63) is 46.2 Å². The number of rotatable bonds is 6. The monoisotopic (exact) mass is 373 g/mol. The van der Waals surface area contributed by atoms with Gasteiger partial charge in [0.25, 0.3) is 5.91 Å². The van der Waals surface area contributed by atoms with Crippen molar-refractivity contribution in [2.75, 3.05) is 13.1 Å². The highest BCUT2D eigenvalue weighted by Crippen LogP contribution is 2.33. The summed E-state index contributed by atoms with van der Waals surface area (Å²) in [5, 5.41) is 0.651. The van der Waals surface area contributed by atoms with Crippen LogP contribution in [0.3, 0.4) is 0 Å². The lowest BCUT2D eigenvalue weighted by Crippen LogP contribution is -2.26. The van der Waals surface area contributed by atoms with Gasteiger partial charge in [0.2, 0.25) is 5.91 Å². The van der Waals surface area contributed by atoms with Crippen LogP contribution in [-0.4, -0.2) is 34.4 Å². The average molecular weight is 374 g/mol. The Labute approximate surface area is 158 Å². The maximum Gasteiger partial charge on any atom is 0.251 e. The molecule has 0 aliphatic carbocycles. The van der Waals surface area contributed by atoms with Crippen molar-refractivity contribution in [1.82, 2.24) is 9.47 Å². The molecule has 0 radical (unpaired) electrons. The molecule has 0 saturated carbocycles. The van der Waals surface area contributed by atoms with E-state index in [-0.39, 0.29) is 5.91 Å². The summed E-state index contributed by atoms with van der Waals surface area (Å²) in [6, 6.07) is 7.44. The molecule has 2 aromatic rings. The summed E-state index contributed by atoms with van der Waals surface area (Å²) in [5.74, 6) is -0.186. The Balaban J connectivity index is 1.88. The molecule has 0 bridgehead atoms. The third-order valence-electron chi connectivity index (χ3n) is 5.14. The molecular formula is C20H24ClN3O2. The first-order valence-electron chi connectivity index (χ1n) is 8.93. The highest BCUT2D eigenvalue weighted by Gasteiger charge is 2.23. The molecule has 2 amide bonds. The molecule has 26 heavy (non-hydrogen) atoms. The number of nitrogens with zero attached hydrogens (tertiary/aromatic N) is 2. The van der Waals surface area contributed by atoms with E-state index < -0.39 is 5.91 Å². The topological polar surface area (TPSA) is 68.3 Å². The molecule has 6 heteroatoms. The summed E-state index contributed by atoms with van der Waals surface area (Å²) >= 11 is 5.99. The van der Waals surface area contributed by atoms with Gasteiger partial charge in [0.15, 0.2) is 0 Å². The van der Waals surface area contributed by atoms with Crippen LogP contribution in [0.25, 0.3) is 11.1 Å². The SMILES string of the molecule is Cc1c(C(N)=O)c(-c2ccc(Cl)cc2)c(C)n1CCCN1CCCC1=O. The third kappa shape index (κ3) is 3.49. The minimum absolute atomic E-state index is 0.241. The number of halogens is 1. The number of benzene rings is 1. The predicted octanol–water partition coefficient (Wildman–Crippen LogP) is 3.54. The van der Waals surface area contributed by atoms with Gasteiger partial charge in [-0.2, -0.15) is 0 Å².